The molecule has 0 aromatic heterocycles. The molecule has 0 bridgehead atoms. The first-order valence-corrected chi connectivity index (χ1v) is 6.92. The first-order chi connectivity index (χ1) is 8.24. The lowest BCUT2D eigenvalue weighted by atomic mass is 10.2. The van der Waals surface area contributed by atoms with Crippen molar-refractivity contribution in [1.82, 2.24) is 5.32 Å². The van der Waals surface area contributed by atoms with Crippen molar-refractivity contribution in [2.75, 3.05) is 13.1 Å². The second-order valence-electron chi connectivity index (χ2n) is 3.87. The highest BCUT2D eigenvalue weighted by atomic mass is 35.5. The van der Waals surface area contributed by atoms with Gasteiger partial charge in [0.05, 0.1) is 5.25 Å². The highest BCUT2D eigenvalue weighted by molar-refractivity contribution is 7.99. The Kier molecular flexibility index (Phi) is 9.83. The average molecular weight is 289 g/mol. The van der Waals surface area contributed by atoms with E-state index >= 15 is 0 Å². The van der Waals surface area contributed by atoms with Gasteiger partial charge in [0.2, 0.25) is 5.91 Å². The van der Waals surface area contributed by atoms with Gasteiger partial charge in [-0.05, 0) is 25.5 Å². The molecule has 18 heavy (non-hydrogen) atoms. The van der Waals surface area contributed by atoms with Gasteiger partial charge in [0.25, 0.3) is 0 Å². The van der Waals surface area contributed by atoms with Crippen LogP contribution in [0.2, 0.25) is 0 Å². The standard InChI is InChI=1S/C13H20N2OS.ClH/c1-11(13(16)15-9-5-8-14)17-10-12-6-3-2-4-7-12;/h2-4,6-7,11H,5,8-10,14H2,1H3,(H,15,16);1H. The number of rotatable bonds is 7. The first-order valence-electron chi connectivity index (χ1n) is 5.87. The molecule has 0 aliphatic heterocycles. The third kappa shape index (κ3) is 6.89. The van der Waals surface area contributed by atoms with Crippen LogP contribution in [0.3, 0.4) is 0 Å². The largest absolute Gasteiger partial charge is 0.355 e. The maximum Gasteiger partial charge on any atom is 0.232 e. The highest BCUT2D eigenvalue weighted by Crippen LogP contribution is 2.17. The van der Waals surface area contributed by atoms with Gasteiger partial charge >= 0.3 is 0 Å². The number of halogens is 1. The molecule has 0 spiro atoms. The van der Waals surface area contributed by atoms with E-state index in [2.05, 4.69) is 17.4 Å². The van der Waals surface area contributed by atoms with E-state index in [1.54, 1.807) is 11.8 Å². The Morgan fingerprint density at radius 3 is 2.67 bits per heavy atom. The van der Waals surface area contributed by atoms with Gasteiger partial charge in [-0.25, -0.2) is 0 Å². The summed E-state index contributed by atoms with van der Waals surface area (Å²) in [5, 5.41) is 2.86. The molecule has 1 rings (SSSR count). The minimum absolute atomic E-state index is 0. The summed E-state index contributed by atoms with van der Waals surface area (Å²) in [5.41, 5.74) is 6.62. The van der Waals surface area contributed by atoms with E-state index in [1.807, 2.05) is 25.1 Å². The molecular formula is C13H21ClN2OS. The molecule has 1 amide bonds. The molecule has 3 nitrogen and oxygen atoms in total. The van der Waals surface area contributed by atoms with Gasteiger partial charge < -0.3 is 11.1 Å². The molecule has 1 atom stereocenters. The maximum absolute atomic E-state index is 11.7. The maximum atomic E-state index is 11.7. The lowest BCUT2D eigenvalue weighted by molar-refractivity contribution is -0.120. The molecule has 1 aromatic rings. The van der Waals surface area contributed by atoms with E-state index in [0.717, 1.165) is 12.2 Å². The number of hydrogen-bond acceptors (Lipinski definition) is 3. The molecule has 0 heterocycles. The zero-order valence-corrected chi connectivity index (χ0v) is 12.2. The Bertz CT molecular complexity index is 335. The molecule has 102 valence electrons. The van der Waals surface area contributed by atoms with E-state index in [-0.39, 0.29) is 23.6 Å². The molecule has 0 fully saturated rings. The van der Waals surface area contributed by atoms with Gasteiger partial charge in [-0.1, -0.05) is 30.3 Å². The van der Waals surface area contributed by atoms with Crippen molar-refractivity contribution in [3.05, 3.63) is 35.9 Å². The highest BCUT2D eigenvalue weighted by Gasteiger charge is 2.12. The summed E-state index contributed by atoms with van der Waals surface area (Å²) in [4.78, 5) is 11.7. The number of benzene rings is 1. The second kappa shape index (κ2) is 10.2. The topological polar surface area (TPSA) is 55.1 Å². The van der Waals surface area contributed by atoms with Gasteiger partial charge in [-0.3, -0.25) is 4.79 Å². The Morgan fingerprint density at radius 1 is 1.39 bits per heavy atom. The summed E-state index contributed by atoms with van der Waals surface area (Å²) < 4.78 is 0. The first kappa shape index (κ1) is 17.3. The minimum Gasteiger partial charge on any atom is -0.355 e. The molecule has 0 saturated heterocycles. The van der Waals surface area contributed by atoms with Gasteiger partial charge in [-0.2, -0.15) is 0 Å². The second-order valence-corrected chi connectivity index (χ2v) is 5.20. The van der Waals surface area contributed by atoms with Crippen molar-refractivity contribution in [1.29, 1.82) is 0 Å². The molecule has 1 unspecified atom stereocenters. The SMILES string of the molecule is CC(SCc1ccccc1)C(=O)NCCCN.Cl. The number of nitrogens with two attached hydrogens (primary N) is 1. The summed E-state index contributed by atoms with van der Waals surface area (Å²) in [6, 6.07) is 10.2. The van der Waals surface area contributed by atoms with Crippen LogP contribution < -0.4 is 11.1 Å². The Morgan fingerprint density at radius 2 is 2.06 bits per heavy atom. The summed E-state index contributed by atoms with van der Waals surface area (Å²) in [7, 11) is 0. The zero-order valence-electron chi connectivity index (χ0n) is 10.6. The number of nitrogens with one attached hydrogen (secondary N) is 1. The molecular weight excluding hydrogens is 268 g/mol. The third-order valence-corrected chi connectivity index (χ3v) is 3.61. The van der Waals surface area contributed by atoms with E-state index < -0.39 is 0 Å². The summed E-state index contributed by atoms with van der Waals surface area (Å²) in [6.07, 6.45) is 0.835. The van der Waals surface area contributed by atoms with Crippen LogP contribution in [0.1, 0.15) is 18.9 Å². The predicted octanol–water partition coefficient (Wildman–Crippen LogP) is 2.20. The lowest BCUT2D eigenvalue weighted by Crippen LogP contribution is -2.32. The monoisotopic (exact) mass is 288 g/mol. The predicted molar refractivity (Wildman–Crippen MR) is 81.1 cm³/mol. The van der Waals surface area contributed by atoms with Gasteiger partial charge in [0, 0.05) is 12.3 Å². The van der Waals surface area contributed by atoms with Crippen LogP contribution >= 0.6 is 24.2 Å². The van der Waals surface area contributed by atoms with Crippen LogP contribution in [0, 0.1) is 0 Å². The number of carbonyl (C=O) groups is 1. The molecule has 0 aliphatic rings. The molecule has 3 N–H and O–H groups in total. The van der Waals surface area contributed by atoms with Crippen molar-refractivity contribution in [3.8, 4) is 0 Å². The molecule has 0 aliphatic carbocycles. The minimum atomic E-state index is -0.0204. The van der Waals surface area contributed by atoms with Crippen molar-refractivity contribution < 1.29 is 4.79 Å². The smallest absolute Gasteiger partial charge is 0.232 e. The fourth-order valence-corrected chi connectivity index (χ4v) is 2.20. The van der Waals surface area contributed by atoms with Gasteiger partial charge in [0.15, 0.2) is 0 Å². The van der Waals surface area contributed by atoms with Crippen LogP contribution in [-0.4, -0.2) is 24.2 Å². The molecule has 1 aromatic carbocycles. The van der Waals surface area contributed by atoms with Crippen molar-refractivity contribution in [2.45, 2.75) is 24.3 Å². The quantitative estimate of drug-likeness (QED) is 0.756. The van der Waals surface area contributed by atoms with Gasteiger partial charge in [-0.15, -0.1) is 24.2 Å². The van der Waals surface area contributed by atoms with E-state index in [0.29, 0.717) is 13.1 Å². The van der Waals surface area contributed by atoms with Crippen molar-refractivity contribution >= 4 is 30.1 Å². The number of carbonyl (C=O) groups excluding carboxylic acids is 1. The van der Waals surface area contributed by atoms with Crippen molar-refractivity contribution in [2.24, 2.45) is 5.73 Å². The van der Waals surface area contributed by atoms with Crippen LogP contribution in [0.25, 0.3) is 0 Å². The Hall–Kier alpha value is -0.710. The average Bonchev–Trinajstić information content (AvgIpc) is 2.37. The van der Waals surface area contributed by atoms with Crippen LogP contribution in [0.15, 0.2) is 30.3 Å². The van der Waals surface area contributed by atoms with E-state index in [1.165, 1.54) is 5.56 Å². The third-order valence-electron chi connectivity index (χ3n) is 2.39. The van der Waals surface area contributed by atoms with Crippen LogP contribution in [0.4, 0.5) is 0 Å². The molecule has 0 saturated carbocycles. The summed E-state index contributed by atoms with van der Waals surface area (Å²) in [5.74, 6) is 0.964. The van der Waals surface area contributed by atoms with Crippen molar-refractivity contribution in [3.63, 3.8) is 0 Å². The van der Waals surface area contributed by atoms with E-state index in [4.69, 9.17) is 5.73 Å². The Labute approximate surface area is 119 Å². The normalized spacial score (nSPS) is 11.4. The van der Waals surface area contributed by atoms with Crippen LogP contribution in [-0.2, 0) is 10.5 Å². The number of thioether (sulfide) groups is 1. The zero-order chi connectivity index (χ0) is 12.5. The summed E-state index contributed by atoms with van der Waals surface area (Å²) in [6.45, 7) is 3.22. The number of amides is 1. The number of hydrogen-bond donors (Lipinski definition) is 2. The Balaban J connectivity index is 0.00000289. The summed E-state index contributed by atoms with van der Waals surface area (Å²) >= 11 is 1.65. The van der Waals surface area contributed by atoms with Gasteiger partial charge in [0.1, 0.15) is 0 Å². The fourth-order valence-electron chi connectivity index (χ4n) is 1.33. The molecule has 0 radical (unpaired) electrons. The fraction of sp³-hybridized carbons (Fsp3) is 0.462. The lowest BCUT2D eigenvalue weighted by Gasteiger charge is -2.11. The molecule has 5 heteroatoms. The van der Waals surface area contributed by atoms with Crippen LogP contribution in [0.5, 0.6) is 0 Å². The van der Waals surface area contributed by atoms with E-state index in [9.17, 15) is 4.79 Å².